The van der Waals surface area contributed by atoms with E-state index in [2.05, 4.69) is 58.0 Å². The molecule has 0 fully saturated rings. The van der Waals surface area contributed by atoms with Crippen molar-refractivity contribution in [3.8, 4) is 16.9 Å². The number of nitrogens with zero attached hydrogens (tertiary/aromatic N) is 6. The molecule has 1 aromatic carbocycles. The highest BCUT2D eigenvalue weighted by Crippen LogP contribution is 2.39. The van der Waals surface area contributed by atoms with Crippen molar-refractivity contribution < 1.29 is 9.13 Å². The molecule has 0 saturated heterocycles. The van der Waals surface area contributed by atoms with Crippen molar-refractivity contribution in [3.63, 3.8) is 0 Å². The van der Waals surface area contributed by atoms with Gasteiger partial charge in [-0.3, -0.25) is 0 Å². The van der Waals surface area contributed by atoms with E-state index in [1.54, 1.807) is 6.20 Å². The number of allylic oxidation sites excluding steroid dienone is 2. The zero-order chi connectivity index (χ0) is 28.1. The number of rotatable bonds is 4. The van der Waals surface area contributed by atoms with Gasteiger partial charge in [-0.2, -0.15) is 0 Å². The van der Waals surface area contributed by atoms with Gasteiger partial charge in [0.1, 0.15) is 35.6 Å². The van der Waals surface area contributed by atoms with E-state index in [1.165, 1.54) is 11.6 Å². The number of pyridine rings is 1. The summed E-state index contributed by atoms with van der Waals surface area (Å²) in [6, 6.07) is 8.45. The number of hydrogen-bond acceptors (Lipinski definition) is 7. The van der Waals surface area contributed by atoms with Gasteiger partial charge in [0, 0.05) is 47.9 Å². The average Bonchev–Trinajstić information content (AvgIpc) is 3.18. The summed E-state index contributed by atoms with van der Waals surface area (Å²) in [6.45, 7) is 9.64. The number of halogens is 1. The fourth-order valence-corrected chi connectivity index (χ4v) is 6.11. The topological polar surface area (TPSA) is 83.1 Å². The molecule has 3 aliphatic rings. The molecule has 9 heteroatoms. The molecule has 0 bridgehead atoms. The fraction of sp³-hybridized carbons (Fsp3) is 0.375. The summed E-state index contributed by atoms with van der Waals surface area (Å²) in [5.74, 6) is 3.21. The molecule has 5 heterocycles. The van der Waals surface area contributed by atoms with Crippen LogP contribution in [-0.4, -0.2) is 49.5 Å². The molecule has 41 heavy (non-hydrogen) atoms. The molecular weight excluding hydrogens is 517 g/mol. The van der Waals surface area contributed by atoms with Crippen molar-refractivity contribution in [2.24, 2.45) is 5.41 Å². The second-order valence-corrected chi connectivity index (χ2v) is 12.1. The highest BCUT2D eigenvalue weighted by molar-refractivity contribution is 5.78. The van der Waals surface area contributed by atoms with Gasteiger partial charge in [0.15, 0.2) is 5.65 Å². The quantitative estimate of drug-likeness (QED) is 0.342. The number of ether oxygens (including phenoxy) is 1. The minimum absolute atomic E-state index is 0.181. The Hall–Kier alpha value is -4.27. The van der Waals surface area contributed by atoms with Crippen molar-refractivity contribution in [1.82, 2.24) is 29.8 Å². The third kappa shape index (κ3) is 5.16. The van der Waals surface area contributed by atoms with E-state index >= 15 is 0 Å². The predicted octanol–water partition coefficient (Wildman–Crippen LogP) is 5.82. The zero-order valence-corrected chi connectivity index (χ0v) is 23.7. The smallest absolute Gasteiger partial charge is 0.177 e. The molecule has 0 spiro atoms. The number of hydrogen-bond donors (Lipinski definition) is 1. The number of nitrogens with one attached hydrogen (secondary N) is 1. The Labute approximate surface area is 239 Å². The Morgan fingerprint density at radius 1 is 1.12 bits per heavy atom. The van der Waals surface area contributed by atoms with Crippen molar-refractivity contribution in [3.05, 3.63) is 83.1 Å². The van der Waals surface area contributed by atoms with Crippen molar-refractivity contribution >= 4 is 17.0 Å². The van der Waals surface area contributed by atoms with Crippen LogP contribution in [0.4, 0.5) is 10.2 Å². The Bertz CT molecular complexity index is 1710. The van der Waals surface area contributed by atoms with Gasteiger partial charge in [-0.05, 0) is 61.4 Å². The normalized spacial score (nSPS) is 18.0. The van der Waals surface area contributed by atoms with Crippen molar-refractivity contribution in [2.75, 3.05) is 24.6 Å². The van der Waals surface area contributed by atoms with Gasteiger partial charge in [0.2, 0.25) is 0 Å². The third-order valence-corrected chi connectivity index (χ3v) is 8.21. The summed E-state index contributed by atoms with van der Waals surface area (Å²) in [4.78, 5) is 26.7. The zero-order valence-electron chi connectivity index (χ0n) is 23.7. The molecule has 210 valence electrons. The first kappa shape index (κ1) is 25.7. The second-order valence-electron chi connectivity index (χ2n) is 12.1. The van der Waals surface area contributed by atoms with Gasteiger partial charge in [-0.25, -0.2) is 24.3 Å². The first-order chi connectivity index (χ1) is 19.8. The summed E-state index contributed by atoms with van der Waals surface area (Å²) in [7, 11) is 0. The van der Waals surface area contributed by atoms with E-state index < -0.39 is 0 Å². The van der Waals surface area contributed by atoms with E-state index in [9.17, 15) is 4.39 Å². The summed E-state index contributed by atoms with van der Waals surface area (Å²) in [5.41, 5.74) is 7.39. The molecule has 1 aliphatic carbocycles. The summed E-state index contributed by atoms with van der Waals surface area (Å²) >= 11 is 0. The molecule has 0 unspecified atom stereocenters. The lowest BCUT2D eigenvalue weighted by Crippen LogP contribution is -2.32. The fourth-order valence-electron chi connectivity index (χ4n) is 6.11. The molecule has 3 aromatic heterocycles. The first-order valence-corrected chi connectivity index (χ1v) is 14.3. The van der Waals surface area contributed by atoms with Crippen LogP contribution < -0.4 is 9.64 Å². The van der Waals surface area contributed by atoms with Crippen LogP contribution in [0.2, 0.25) is 0 Å². The Morgan fingerprint density at radius 2 is 2.02 bits per heavy atom. The maximum atomic E-state index is 13.9. The number of H-pyrrole nitrogens is 1. The van der Waals surface area contributed by atoms with Crippen LogP contribution in [0.3, 0.4) is 0 Å². The molecular formula is C32H34FN7O. The van der Waals surface area contributed by atoms with Crippen LogP contribution in [0.5, 0.6) is 5.75 Å². The van der Waals surface area contributed by atoms with E-state index in [0.717, 1.165) is 82.6 Å². The molecule has 0 atom stereocenters. The highest BCUT2D eigenvalue weighted by atomic mass is 19.1. The summed E-state index contributed by atoms with van der Waals surface area (Å²) in [6.07, 6.45) is 9.69. The lowest BCUT2D eigenvalue weighted by Gasteiger charge is -2.34. The second kappa shape index (κ2) is 9.98. The monoisotopic (exact) mass is 551 g/mol. The number of anilines is 1. The van der Waals surface area contributed by atoms with Gasteiger partial charge in [0.05, 0.1) is 18.6 Å². The minimum atomic E-state index is -0.245. The van der Waals surface area contributed by atoms with Crippen molar-refractivity contribution in [1.29, 1.82) is 0 Å². The third-order valence-electron chi connectivity index (χ3n) is 8.21. The number of benzene rings is 1. The van der Waals surface area contributed by atoms with Crippen LogP contribution in [0, 0.1) is 12.3 Å². The summed E-state index contributed by atoms with van der Waals surface area (Å²) in [5, 5.41) is 0. The number of fused-ring (bicyclic) bond motifs is 3. The molecule has 8 nitrogen and oxygen atoms in total. The van der Waals surface area contributed by atoms with Crippen molar-refractivity contribution in [2.45, 2.75) is 53.1 Å². The van der Waals surface area contributed by atoms with Gasteiger partial charge in [-0.15, -0.1) is 0 Å². The average molecular weight is 552 g/mol. The Kier molecular flexibility index (Phi) is 6.25. The Morgan fingerprint density at radius 3 is 2.90 bits per heavy atom. The lowest BCUT2D eigenvalue weighted by atomic mass is 9.76. The minimum Gasteiger partial charge on any atom is -0.491 e. The lowest BCUT2D eigenvalue weighted by molar-refractivity contribution is 0.308. The van der Waals surface area contributed by atoms with Gasteiger partial charge in [-0.1, -0.05) is 26.0 Å². The SMILES string of the molecule is Cc1nc2ncc(-c3ccc4c(c3)CN(c3nc(CN5C=C(F)C=CC5)nc5c3CC(C)(C)CC5)CCO4)cc2[nH]1. The summed E-state index contributed by atoms with van der Waals surface area (Å²) < 4.78 is 20.2. The molecule has 2 aliphatic heterocycles. The maximum Gasteiger partial charge on any atom is 0.177 e. The highest BCUT2D eigenvalue weighted by Gasteiger charge is 2.32. The van der Waals surface area contributed by atoms with Gasteiger partial charge in [0.25, 0.3) is 0 Å². The number of aryl methyl sites for hydroxylation is 2. The van der Waals surface area contributed by atoms with Crippen LogP contribution in [0.1, 0.15) is 48.7 Å². The van der Waals surface area contributed by atoms with E-state index in [4.69, 9.17) is 14.7 Å². The van der Waals surface area contributed by atoms with Gasteiger partial charge >= 0.3 is 0 Å². The number of aromatic amines is 1. The molecule has 7 rings (SSSR count). The molecule has 0 radical (unpaired) electrons. The largest absolute Gasteiger partial charge is 0.491 e. The standard InChI is InChI=1S/C32H34FN7O/c1-20-35-27-14-22(16-34-30(27)36-20)21-6-7-28-23(13-21)17-40(11-12-41-28)31-25-15-32(2,3)9-8-26(25)37-29(38-31)19-39-10-4-5-24(33)18-39/h4-7,13-14,16,18H,8-12,15,17,19H2,1-3H3,(H,34,35,36). The van der Waals surface area contributed by atoms with Crippen LogP contribution in [0.25, 0.3) is 22.3 Å². The van der Waals surface area contributed by atoms with E-state index in [0.29, 0.717) is 26.2 Å². The van der Waals surface area contributed by atoms with E-state index in [-0.39, 0.29) is 11.2 Å². The molecule has 0 saturated carbocycles. The maximum absolute atomic E-state index is 13.9. The van der Waals surface area contributed by atoms with E-state index in [1.807, 2.05) is 24.1 Å². The number of aromatic nitrogens is 5. The molecule has 4 aromatic rings. The van der Waals surface area contributed by atoms with Crippen LogP contribution in [0.15, 0.2) is 54.6 Å². The molecule has 1 N–H and O–H groups in total. The Balaban J connectivity index is 1.24. The predicted molar refractivity (Wildman–Crippen MR) is 157 cm³/mol. The molecule has 0 amide bonds. The number of imidazole rings is 1. The first-order valence-electron chi connectivity index (χ1n) is 14.3. The van der Waals surface area contributed by atoms with Crippen LogP contribution in [-0.2, 0) is 25.9 Å². The van der Waals surface area contributed by atoms with Crippen LogP contribution >= 0.6 is 0 Å². The van der Waals surface area contributed by atoms with Gasteiger partial charge < -0.3 is 19.5 Å².